The van der Waals surface area contributed by atoms with Crippen molar-refractivity contribution in [2.75, 3.05) is 20.2 Å². The van der Waals surface area contributed by atoms with Gasteiger partial charge in [0.2, 0.25) is 6.43 Å². The molecule has 0 aromatic rings. The molecule has 1 fully saturated rings. The molecule has 6 heteroatoms. The van der Waals surface area contributed by atoms with E-state index in [1.165, 1.54) is 7.11 Å². The zero-order valence-electron chi connectivity index (χ0n) is 7.13. The molecule has 0 aliphatic carbocycles. The third-order valence-corrected chi connectivity index (χ3v) is 2.09. The van der Waals surface area contributed by atoms with Gasteiger partial charge in [0.1, 0.15) is 0 Å². The van der Waals surface area contributed by atoms with Crippen LogP contribution in [0.5, 0.6) is 0 Å². The molecule has 3 nitrogen and oxygen atoms in total. The van der Waals surface area contributed by atoms with Crippen molar-refractivity contribution in [3.05, 3.63) is 0 Å². The van der Waals surface area contributed by atoms with E-state index < -0.39 is 24.2 Å². The lowest BCUT2D eigenvalue weighted by Crippen LogP contribution is -2.28. The molecule has 13 heavy (non-hydrogen) atoms. The lowest BCUT2D eigenvalue weighted by Gasteiger charge is -2.14. The van der Waals surface area contributed by atoms with E-state index in [0.29, 0.717) is 6.54 Å². The summed E-state index contributed by atoms with van der Waals surface area (Å²) in [5.41, 5.74) is 0. The molecule has 2 atom stereocenters. The zero-order valence-corrected chi connectivity index (χ0v) is 7.94. The predicted octanol–water partition coefficient (Wildman–Crippen LogP) is 0.682. The average molecular weight is 216 g/mol. The number of carbonyl (C=O) groups excluding carboxylic acids is 1. The van der Waals surface area contributed by atoms with Crippen molar-refractivity contribution in [3.63, 3.8) is 0 Å². The topological polar surface area (TPSA) is 38.3 Å². The number of esters is 1. The number of hydrogen-bond donors (Lipinski definition) is 1. The highest BCUT2D eigenvalue weighted by Crippen LogP contribution is 2.24. The number of methoxy groups -OCH3 is 1. The van der Waals surface area contributed by atoms with Crippen LogP contribution in [0, 0.1) is 11.8 Å². The van der Waals surface area contributed by atoms with Crippen molar-refractivity contribution < 1.29 is 18.3 Å². The van der Waals surface area contributed by atoms with E-state index in [1.807, 2.05) is 0 Å². The third kappa shape index (κ3) is 2.77. The molecule has 0 amide bonds. The van der Waals surface area contributed by atoms with Crippen LogP contribution in [-0.4, -0.2) is 32.6 Å². The normalized spacial score (nSPS) is 27.1. The molecular formula is C7H12ClF2NO2. The Morgan fingerprint density at radius 2 is 2.15 bits per heavy atom. The van der Waals surface area contributed by atoms with Gasteiger partial charge in [-0.3, -0.25) is 4.79 Å². The number of alkyl halides is 2. The van der Waals surface area contributed by atoms with Crippen molar-refractivity contribution in [2.24, 2.45) is 11.8 Å². The van der Waals surface area contributed by atoms with E-state index >= 15 is 0 Å². The molecule has 1 heterocycles. The molecule has 0 unspecified atom stereocenters. The fourth-order valence-electron chi connectivity index (χ4n) is 1.37. The van der Waals surface area contributed by atoms with Crippen LogP contribution in [0.15, 0.2) is 0 Å². The maximum absolute atomic E-state index is 12.2. The second-order valence-corrected chi connectivity index (χ2v) is 2.79. The summed E-state index contributed by atoms with van der Waals surface area (Å²) in [6.07, 6.45) is -2.45. The first-order valence-corrected chi connectivity index (χ1v) is 3.73. The van der Waals surface area contributed by atoms with Crippen LogP contribution in [0.3, 0.4) is 0 Å². The third-order valence-electron chi connectivity index (χ3n) is 2.09. The van der Waals surface area contributed by atoms with Gasteiger partial charge in [0.05, 0.1) is 13.0 Å². The summed E-state index contributed by atoms with van der Waals surface area (Å²) in [5.74, 6) is -2.13. The Hall–Kier alpha value is -0.420. The first-order chi connectivity index (χ1) is 5.66. The number of ether oxygens (including phenoxy) is 1. The second kappa shape index (κ2) is 5.34. The van der Waals surface area contributed by atoms with Gasteiger partial charge in [-0.25, -0.2) is 8.78 Å². The monoisotopic (exact) mass is 215 g/mol. The Morgan fingerprint density at radius 1 is 1.54 bits per heavy atom. The Bertz CT molecular complexity index is 180. The van der Waals surface area contributed by atoms with E-state index in [0.717, 1.165) is 0 Å². The number of hydrogen-bond acceptors (Lipinski definition) is 3. The molecule has 0 aromatic carbocycles. The first-order valence-electron chi connectivity index (χ1n) is 3.73. The van der Waals surface area contributed by atoms with Crippen LogP contribution in [-0.2, 0) is 9.53 Å². The minimum absolute atomic E-state index is 0. The van der Waals surface area contributed by atoms with Crippen molar-refractivity contribution in [1.82, 2.24) is 5.32 Å². The Morgan fingerprint density at radius 3 is 2.62 bits per heavy atom. The molecule has 78 valence electrons. The quantitative estimate of drug-likeness (QED) is 0.689. The summed E-state index contributed by atoms with van der Waals surface area (Å²) in [6.45, 7) is 0.485. The molecule has 0 saturated carbocycles. The Labute approximate surface area is 81.2 Å². The number of nitrogens with one attached hydrogen (secondary N) is 1. The number of rotatable bonds is 2. The Balaban J connectivity index is 0.00000144. The summed E-state index contributed by atoms with van der Waals surface area (Å²) in [4.78, 5) is 10.9. The van der Waals surface area contributed by atoms with E-state index in [9.17, 15) is 13.6 Å². The second-order valence-electron chi connectivity index (χ2n) is 2.79. The van der Waals surface area contributed by atoms with Gasteiger partial charge in [-0.1, -0.05) is 0 Å². The van der Waals surface area contributed by atoms with E-state index in [4.69, 9.17) is 0 Å². The molecule has 1 rings (SSSR count). The van der Waals surface area contributed by atoms with Gasteiger partial charge in [-0.05, 0) is 0 Å². The van der Waals surface area contributed by atoms with E-state index in [-0.39, 0.29) is 19.0 Å². The summed E-state index contributed by atoms with van der Waals surface area (Å²) in [5, 5.41) is 2.74. The predicted molar refractivity (Wildman–Crippen MR) is 45.1 cm³/mol. The lowest BCUT2D eigenvalue weighted by atomic mass is 9.97. The molecule has 0 radical (unpaired) electrons. The zero-order chi connectivity index (χ0) is 9.14. The smallest absolute Gasteiger partial charge is 0.310 e. The van der Waals surface area contributed by atoms with Crippen LogP contribution in [0.2, 0.25) is 0 Å². The van der Waals surface area contributed by atoms with Crippen LogP contribution in [0.4, 0.5) is 8.78 Å². The van der Waals surface area contributed by atoms with Gasteiger partial charge in [0.15, 0.2) is 0 Å². The summed E-state index contributed by atoms with van der Waals surface area (Å²) < 4.78 is 28.9. The summed E-state index contributed by atoms with van der Waals surface area (Å²) >= 11 is 0. The molecule has 1 saturated heterocycles. The van der Waals surface area contributed by atoms with Gasteiger partial charge in [0, 0.05) is 19.0 Å². The first kappa shape index (κ1) is 12.6. The van der Waals surface area contributed by atoms with Gasteiger partial charge in [-0.15, -0.1) is 12.4 Å². The fraction of sp³-hybridized carbons (Fsp3) is 0.857. The standard InChI is InChI=1S/C7H11F2NO2.ClH/c1-12-7(11)5-3-10-2-4(5)6(8)9;/h4-6,10H,2-3H2,1H3;1H/t4-,5-;/m1./s1. The maximum Gasteiger partial charge on any atom is 0.310 e. The van der Waals surface area contributed by atoms with E-state index in [2.05, 4.69) is 10.1 Å². The molecule has 1 aliphatic rings. The van der Waals surface area contributed by atoms with Gasteiger partial charge < -0.3 is 10.1 Å². The van der Waals surface area contributed by atoms with Gasteiger partial charge >= 0.3 is 5.97 Å². The van der Waals surface area contributed by atoms with Crippen LogP contribution >= 0.6 is 12.4 Å². The van der Waals surface area contributed by atoms with Gasteiger partial charge in [0.25, 0.3) is 0 Å². The molecular weight excluding hydrogens is 204 g/mol. The van der Waals surface area contributed by atoms with Gasteiger partial charge in [-0.2, -0.15) is 0 Å². The van der Waals surface area contributed by atoms with Crippen molar-refractivity contribution >= 4 is 18.4 Å². The van der Waals surface area contributed by atoms with Crippen LogP contribution in [0.1, 0.15) is 0 Å². The highest BCUT2D eigenvalue weighted by atomic mass is 35.5. The van der Waals surface area contributed by atoms with Crippen LogP contribution in [0.25, 0.3) is 0 Å². The van der Waals surface area contributed by atoms with Crippen LogP contribution < -0.4 is 5.32 Å². The van der Waals surface area contributed by atoms with Crippen molar-refractivity contribution in [2.45, 2.75) is 6.43 Å². The fourth-order valence-corrected chi connectivity index (χ4v) is 1.37. The minimum atomic E-state index is -2.45. The SMILES string of the molecule is COC(=O)[C@@H]1CNC[C@H]1C(F)F.Cl. The highest BCUT2D eigenvalue weighted by molar-refractivity contribution is 5.85. The lowest BCUT2D eigenvalue weighted by molar-refractivity contribution is -0.148. The highest BCUT2D eigenvalue weighted by Gasteiger charge is 2.39. The largest absolute Gasteiger partial charge is 0.469 e. The molecule has 0 aromatic heterocycles. The molecule has 0 bridgehead atoms. The average Bonchev–Trinajstić information content (AvgIpc) is 2.50. The molecule has 0 spiro atoms. The summed E-state index contributed by atoms with van der Waals surface area (Å²) in [7, 11) is 1.21. The van der Waals surface area contributed by atoms with E-state index in [1.54, 1.807) is 0 Å². The number of halogens is 3. The number of carbonyl (C=O) groups is 1. The Kier molecular flexibility index (Phi) is 5.17. The maximum atomic E-state index is 12.2. The van der Waals surface area contributed by atoms with Crippen molar-refractivity contribution in [1.29, 1.82) is 0 Å². The summed E-state index contributed by atoms with van der Waals surface area (Å²) in [6, 6.07) is 0. The molecule has 1 N–H and O–H groups in total. The van der Waals surface area contributed by atoms with Crippen molar-refractivity contribution in [3.8, 4) is 0 Å². The minimum Gasteiger partial charge on any atom is -0.469 e. The molecule has 1 aliphatic heterocycles.